The summed E-state index contributed by atoms with van der Waals surface area (Å²) in [5, 5.41) is 107. The maximum atomic E-state index is 14.9. The minimum absolute atomic E-state index is 0.0419. The lowest BCUT2D eigenvalue weighted by Gasteiger charge is -2.33. The van der Waals surface area contributed by atoms with Gasteiger partial charge in [-0.2, -0.15) is 25.3 Å². The molecule has 136 heavy (non-hydrogen) atoms. The number of aliphatic carboxylic acids is 1. The first-order valence-electron chi connectivity index (χ1n) is 44.7. The van der Waals surface area contributed by atoms with E-state index < -0.39 is 251 Å². The number of nitrogens with zero attached hydrogens (tertiary/aromatic N) is 1. The van der Waals surface area contributed by atoms with Crippen LogP contribution in [0.2, 0.25) is 0 Å². The number of aromatic hydroxyl groups is 2. The summed E-state index contributed by atoms with van der Waals surface area (Å²) in [4.78, 5) is 241. The number of unbranched alkanes of at least 4 members (excludes halogenated alkanes) is 1. The fraction of sp³-hybridized carbons (Fsp3) is 0.631. The number of benzene rings is 2. The van der Waals surface area contributed by atoms with Crippen molar-refractivity contribution in [3.63, 3.8) is 0 Å². The Hall–Kier alpha value is -12.0. The van der Waals surface area contributed by atoms with Gasteiger partial charge in [0.25, 0.3) is 0 Å². The van der Waals surface area contributed by atoms with Crippen LogP contribution in [0, 0.1) is 22.7 Å². The van der Waals surface area contributed by atoms with Gasteiger partial charge in [0.1, 0.15) is 102 Å². The second kappa shape index (κ2) is 59.7. The molecule has 3 rings (SSSR count). The van der Waals surface area contributed by atoms with Crippen LogP contribution in [-0.4, -0.2) is 315 Å². The Morgan fingerprint density at radius 3 is 1.17 bits per heavy atom. The Kier molecular flexibility index (Phi) is 51.9. The van der Waals surface area contributed by atoms with Crippen LogP contribution in [-0.2, 0) is 94.3 Å². The van der Waals surface area contributed by atoms with Crippen LogP contribution in [0.15, 0.2) is 48.5 Å². The first kappa shape index (κ1) is 118. The molecule has 1 aliphatic heterocycles. The van der Waals surface area contributed by atoms with Gasteiger partial charge < -0.3 is 167 Å². The number of nitrogens with two attached hydrogens (primary N) is 9. The molecule has 0 spiro atoms. The van der Waals surface area contributed by atoms with Crippen molar-refractivity contribution >= 4 is 138 Å². The van der Waals surface area contributed by atoms with Crippen LogP contribution in [0.4, 0.5) is 0 Å². The summed E-state index contributed by atoms with van der Waals surface area (Å²) >= 11 is 8.88. The number of hydrogen-bond acceptors (Lipinski definition) is 31. The SMILES string of the molecule is CC[C@H](C)[C@H](NC(=O)[C@@H]1C[C@@H](O)CN1C(=O)[C@@H](N)C(C)C)C(=O)N[C@@H](CCN)C(=O)N[C@@H](Cc1ccc(O)cc1)C(=O)N[C@H](C(=O)N[C@@H](CC(N)=O)C(=O)N[C@@H](CCCNC(=N)N)C(=O)N[C@@H](CCN)C(=O)N[C@H](C(=O)N[C@H](CCN)C(=O)N[C@@H](CCCCN)C(=O)N[C@@H](CS)C(=O)N[C@@H](CCN)C(=O)N[C@@H](CCCNC(=N)N)C(=O)N[C@@H](Cc1ccc(O)cc1)C(=O)O)[C@@H](C)O)C(C)(C)S. The summed E-state index contributed by atoms with van der Waals surface area (Å²) in [6.07, 6.45) is -5.78. The fourth-order valence-corrected chi connectivity index (χ4v) is 14.4. The van der Waals surface area contributed by atoms with E-state index in [-0.39, 0.29) is 147 Å². The van der Waals surface area contributed by atoms with Crippen molar-refractivity contribution in [3.8, 4) is 11.5 Å². The molecule has 52 heteroatoms. The monoisotopic (exact) mass is 1960 g/mol. The van der Waals surface area contributed by atoms with Crippen molar-refractivity contribution in [1.29, 1.82) is 10.8 Å². The van der Waals surface area contributed by atoms with Crippen molar-refractivity contribution in [2.75, 3.05) is 58.1 Å². The molecule has 762 valence electrons. The first-order valence-corrected chi connectivity index (χ1v) is 45.8. The molecule has 0 aliphatic carbocycles. The number of β-amino-alcohol motifs (C(OH)–C–C–N with tert-alkyl or cyclic N) is 1. The van der Waals surface area contributed by atoms with Crippen LogP contribution in [0.25, 0.3) is 0 Å². The molecule has 2 aromatic rings. The molecule has 1 aliphatic rings. The summed E-state index contributed by atoms with van der Waals surface area (Å²) in [7, 11) is 0. The lowest BCUT2D eigenvalue weighted by molar-refractivity contribution is -0.142. The maximum Gasteiger partial charge on any atom is 0.326 e. The number of hydrogen-bond donors (Lipinski definition) is 34. The number of aliphatic hydroxyl groups excluding tert-OH is 2. The molecule has 0 saturated carbocycles. The molecule has 0 bridgehead atoms. The average molecular weight is 1960 g/mol. The molecule has 0 aromatic heterocycles. The lowest BCUT2D eigenvalue weighted by atomic mass is 9.96. The normalized spacial score (nSPS) is 16.7. The number of thiol groups is 2. The first-order chi connectivity index (χ1) is 64.0. The predicted octanol–water partition coefficient (Wildman–Crippen LogP) is -10.3. The summed E-state index contributed by atoms with van der Waals surface area (Å²) in [5.74, 6) is -20.5. The molecule has 19 atom stereocenters. The molecule has 1 fully saturated rings. The number of carbonyl (C=O) groups excluding carboxylic acids is 16. The minimum Gasteiger partial charge on any atom is -0.508 e. The van der Waals surface area contributed by atoms with Crippen LogP contribution in [0.3, 0.4) is 0 Å². The fourth-order valence-electron chi connectivity index (χ4n) is 14.0. The Balaban J connectivity index is 1.93. The third-order valence-electron chi connectivity index (χ3n) is 22.0. The number of aliphatic hydroxyl groups is 2. The van der Waals surface area contributed by atoms with Crippen molar-refractivity contribution in [1.82, 2.24) is 90.0 Å². The summed E-state index contributed by atoms with van der Waals surface area (Å²) in [6, 6.07) is -14.3. The molecule has 1 saturated heterocycles. The number of amides is 16. The molecule has 2 aromatic carbocycles. The number of likely N-dealkylation sites (tertiary alicyclic amines) is 1. The zero-order chi connectivity index (χ0) is 103. The molecular weight excluding hydrogens is 1820 g/mol. The van der Waals surface area contributed by atoms with Crippen molar-refractivity contribution in [3.05, 3.63) is 59.7 Å². The molecular formula is C84H142N28O22S2. The maximum absolute atomic E-state index is 14.9. The Labute approximate surface area is 799 Å². The van der Waals surface area contributed by atoms with E-state index in [1.165, 1.54) is 62.4 Å². The van der Waals surface area contributed by atoms with Gasteiger partial charge in [0.05, 0.1) is 24.7 Å². The standard InChI is InChI=1S/C84H142N28O22S2/c1-8-42(4)63(109-76(128)60-37-48(116)39-112(60)80(132)62(91)41(2)3)77(129)103-54(26-31-88)71(123)105-56(35-44-16-20-46(114)21-17-44)74(126)111-65(84(6,7)136)79(131)106-57(38-61(90)117)73(125)100-50(14-11-33-96-82(92)93)66(118)101-55(27-32-89)72(124)110-64(43(5)113)78(130)104-53(25-30-87)70(122)98-49(13-9-10-28-85)68(120)108-59(40-135)75(127)102-52(24-29-86)69(121)99-51(15-12-34-97-83(94)95)67(119)107-58(81(133)134)36-45-18-22-47(115)23-19-45/h16-23,41-43,48-60,62-65,113-116,135-136H,8-15,24-40,85-89,91H2,1-7H3,(H2,90,117)(H,98,122)(H,99,121)(H,100,125)(H,101,118)(H,102,127)(H,103,129)(H,104,130)(H,105,123)(H,106,131)(H,107,119)(H,108,120)(H,109,128)(H,110,124)(H,111,126)(H,133,134)(H4,92,93,96)(H4,94,95,97)/t42-,43+,48+,49-,50-,51-,52-,53+,54-,55-,56-,57-,58-,59-,60-,62-,63-,64-,65+/m0/s1. The van der Waals surface area contributed by atoms with Crippen LogP contribution < -0.4 is 137 Å². The number of guanidine groups is 2. The van der Waals surface area contributed by atoms with Gasteiger partial charge in [-0.1, -0.05) is 58.4 Å². The average Bonchev–Trinajstić information content (AvgIpc) is 1.54. The number of nitrogens with one attached hydrogen (secondary N) is 18. The molecule has 0 radical (unpaired) electrons. The van der Waals surface area contributed by atoms with E-state index in [0.717, 1.165) is 11.8 Å². The smallest absolute Gasteiger partial charge is 0.326 e. The topological polar surface area (TPSA) is 869 Å². The number of primary amides is 1. The predicted molar refractivity (Wildman–Crippen MR) is 505 cm³/mol. The molecule has 50 nitrogen and oxygen atoms in total. The third kappa shape index (κ3) is 40.9. The highest BCUT2D eigenvalue weighted by Crippen LogP contribution is 2.24. The van der Waals surface area contributed by atoms with Crippen LogP contribution in [0.1, 0.15) is 149 Å². The van der Waals surface area contributed by atoms with Gasteiger partial charge in [-0.05, 0) is 171 Å². The zero-order valence-corrected chi connectivity index (χ0v) is 79.3. The van der Waals surface area contributed by atoms with E-state index in [1.807, 2.05) is 0 Å². The number of carboxylic acid groups (broad SMARTS) is 1. The summed E-state index contributed by atoms with van der Waals surface area (Å²) < 4.78 is -1.62. The third-order valence-corrected chi connectivity index (χ3v) is 22.6. The minimum atomic E-state index is -1.99. The van der Waals surface area contributed by atoms with Crippen LogP contribution in [0.5, 0.6) is 11.5 Å². The van der Waals surface area contributed by atoms with E-state index in [2.05, 4.69) is 110 Å². The molecule has 0 unspecified atom stereocenters. The van der Waals surface area contributed by atoms with Crippen molar-refractivity contribution in [2.24, 2.45) is 63.4 Å². The largest absolute Gasteiger partial charge is 0.508 e. The Morgan fingerprint density at radius 1 is 0.456 bits per heavy atom. The highest BCUT2D eigenvalue weighted by atomic mass is 32.1. The van der Waals surface area contributed by atoms with Gasteiger partial charge >= 0.3 is 5.97 Å². The number of carbonyl (C=O) groups is 17. The Bertz CT molecular complexity index is 4350. The summed E-state index contributed by atoms with van der Waals surface area (Å²) in [6.45, 7) is 9.35. The quantitative estimate of drug-likeness (QED) is 0.0127. The number of phenols is 2. The van der Waals surface area contributed by atoms with Crippen molar-refractivity contribution in [2.45, 2.75) is 265 Å². The highest BCUT2D eigenvalue weighted by Gasteiger charge is 2.45. The van der Waals surface area contributed by atoms with E-state index in [9.17, 15) is 107 Å². The highest BCUT2D eigenvalue weighted by molar-refractivity contribution is 7.81. The van der Waals surface area contributed by atoms with E-state index in [4.69, 9.17) is 62.4 Å². The van der Waals surface area contributed by atoms with Gasteiger partial charge in [0.15, 0.2) is 11.9 Å². The second-order valence-electron chi connectivity index (χ2n) is 34.0. The lowest BCUT2D eigenvalue weighted by Crippen LogP contribution is -2.64. The van der Waals surface area contributed by atoms with Gasteiger partial charge in [0.2, 0.25) is 94.5 Å². The van der Waals surface area contributed by atoms with Gasteiger partial charge in [0, 0.05) is 49.4 Å². The molecule has 1 heterocycles. The van der Waals surface area contributed by atoms with Gasteiger partial charge in [-0.25, -0.2) is 4.79 Å². The second-order valence-corrected chi connectivity index (χ2v) is 35.5. The molecule has 41 N–H and O–H groups in total. The zero-order valence-electron chi connectivity index (χ0n) is 77.6. The van der Waals surface area contributed by atoms with Gasteiger partial charge in [-0.15, -0.1) is 0 Å². The van der Waals surface area contributed by atoms with Crippen LogP contribution >= 0.6 is 25.3 Å². The van der Waals surface area contributed by atoms with E-state index >= 15 is 0 Å². The number of rotatable bonds is 62. The Morgan fingerprint density at radius 2 is 0.801 bits per heavy atom. The van der Waals surface area contributed by atoms with Gasteiger partial charge in [-0.3, -0.25) is 87.5 Å². The number of carboxylic acids is 1. The number of phenolic OH excluding ortho intramolecular Hbond substituents is 2. The van der Waals surface area contributed by atoms with E-state index in [1.54, 1.807) is 27.7 Å². The molecule has 16 amide bonds. The summed E-state index contributed by atoms with van der Waals surface area (Å²) in [5.41, 5.74) is 53.1. The van der Waals surface area contributed by atoms with Crippen molar-refractivity contribution < 1.29 is 107 Å². The van der Waals surface area contributed by atoms with E-state index in [0.29, 0.717) is 24.0 Å².